The van der Waals surface area contributed by atoms with Crippen molar-refractivity contribution in [1.29, 1.82) is 0 Å². The van der Waals surface area contributed by atoms with E-state index in [1.54, 1.807) is 0 Å². The minimum absolute atomic E-state index is 0.0403. The van der Waals surface area contributed by atoms with Gasteiger partial charge in [-0.05, 0) is 24.7 Å². The van der Waals surface area contributed by atoms with Crippen LogP contribution >= 0.6 is 0 Å². The van der Waals surface area contributed by atoms with Gasteiger partial charge >= 0.3 is 5.97 Å². The first-order valence-electron chi connectivity index (χ1n) is 7.76. The number of hydrogen-bond donors (Lipinski definition) is 3. The molecule has 22 heavy (non-hydrogen) atoms. The van der Waals surface area contributed by atoms with Gasteiger partial charge < -0.3 is 21.1 Å². The van der Waals surface area contributed by atoms with E-state index in [0.717, 1.165) is 0 Å². The van der Waals surface area contributed by atoms with Crippen molar-refractivity contribution in [2.24, 2.45) is 17.6 Å². The lowest BCUT2D eigenvalue weighted by Gasteiger charge is -2.30. The second kappa shape index (κ2) is 7.58. The number of carbonyl (C=O) groups excluding carboxylic acids is 2. The Morgan fingerprint density at radius 2 is 1.77 bits per heavy atom. The summed E-state index contributed by atoms with van der Waals surface area (Å²) < 4.78 is 0. The number of carboxylic acid groups (broad SMARTS) is 1. The summed E-state index contributed by atoms with van der Waals surface area (Å²) >= 11 is 0. The molecular weight excluding hydrogens is 286 g/mol. The lowest BCUT2D eigenvalue weighted by molar-refractivity contribution is -0.150. The molecule has 7 nitrogen and oxygen atoms in total. The molecule has 0 aliphatic carbocycles. The number of nitrogens with two attached hydrogens (primary N) is 1. The predicted molar refractivity (Wildman–Crippen MR) is 82.0 cm³/mol. The second-order valence-corrected chi connectivity index (χ2v) is 6.53. The molecule has 1 aliphatic heterocycles. The highest BCUT2D eigenvalue weighted by Crippen LogP contribution is 2.20. The molecule has 3 unspecified atom stereocenters. The quantitative estimate of drug-likeness (QED) is 0.648. The molecule has 0 aromatic heterocycles. The number of carboxylic acids is 1. The normalized spacial score (nSPS) is 21.0. The van der Waals surface area contributed by atoms with Crippen LogP contribution < -0.4 is 11.1 Å². The molecule has 7 heteroatoms. The van der Waals surface area contributed by atoms with Crippen LogP contribution in [0.25, 0.3) is 0 Å². The van der Waals surface area contributed by atoms with Crippen molar-refractivity contribution in [1.82, 2.24) is 10.2 Å². The minimum atomic E-state index is -1.00. The van der Waals surface area contributed by atoms with Crippen molar-refractivity contribution < 1.29 is 19.5 Å². The number of rotatable bonds is 6. The molecule has 1 heterocycles. The molecule has 3 atom stereocenters. The summed E-state index contributed by atoms with van der Waals surface area (Å²) in [4.78, 5) is 37.3. The molecule has 126 valence electrons. The zero-order valence-corrected chi connectivity index (χ0v) is 13.7. The maximum absolute atomic E-state index is 12.6. The standard InChI is InChI=1S/C15H27N3O4/c1-8(2)11(16)13(19)17-12(9(3)4)14(20)18-7-5-6-10(18)15(21)22/h8-12H,5-7,16H2,1-4H3,(H,17,19)(H,21,22). The maximum Gasteiger partial charge on any atom is 0.326 e. The summed E-state index contributed by atoms with van der Waals surface area (Å²) in [5.41, 5.74) is 5.81. The van der Waals surface area contributed by atoms with Gasteiger partial charge in [0.05, 0.1) is 6.04 Å². The zero-order chi connectivity index (χ0) is 17.0. The smallest absolute Gasteiger partial charge is 0.326 e. The van der Waals surface area contributed by atoms with Crippen LogP contribution in [-0.2, 0) is 14.4 Å². The van der Waals surface area contributed by atoms with E-state index in [0.29, 0.717) is 19.4 Å². The molecule has 0 aromatic carbocycles. The lowest BCUT2D eigenvalue weighted by atomic mass is 9.99. The van der Waals surface area contributed by atoms with Crippen molar-refractivity contribution >= 4 is 17.8 Å². The van der Waals surface area contributed by atoms with Gasteiger partial charge in [-0.3, -0.25) is 9.59 Å². The Kier molecular flexibility index (Phi) is 6.34. The Balaban J connectivity index is 2.84. The third-order valence-electron chi connectivity index (χ3n) is 4.07. The van der Waals surface area contributed by atoms with Crippen molar-refractivity contribution in [3.05, 3.63) is 0 Å². The van der Waals surface area contributed by atoms with E-state index in [9.17, 15) is 19.5 Å². The first kappa shape index (κ1) is 18.4. The van der Waals surface area contributed by atoms with Crippen LogP contribution in [0.1, 0.15) is 40.5 Å². The van der Waals surface area contributed by atoms with E-state index in [1.807, 2.05) is 27.7 Å². The molecule has 4 N–H and O–H groups in total. The second-order valence-electron chi connectivity index (χ2n) is 6.53. The average molecular weight is 313 g/mol. The van der Waals surface area contributed by atoms with Crippen LogP contribution in [0.4, 0.5) is 0 Å². The van der Waals surface area contributed by atoms with Gasteiger partial charge in [0.15, 0.2) is 0 Å². The summed E-state index contributed by atoms with van der Waals surface area (Å²) in [6.07, 6.45) is 1.11. The van der Waals surface area contributed by atoms with E-state index in [4.69, 9.17) is 5.73 Å². The Hall–Kier alpha value is -1.63. The van der Waals surface area contributed by atoms with Gasteiger partial charge in [-0.2, -0.15) is 0 Å². The number of nitrogens with zero attached hydrogens (tertiary/aromatic N) is 1. The van der Waals surface area contributed by atoms with E-state index < -0.39 is 24.1 Å². The van der Waals surface area contributed by atoms with Crippen LogP contribution in [0.5, 0.6) is 0 Å². The molecule has 0 spiro atoms. The molecule has 1 saturated heterocycles. The molecule has 2 amide bonds. The topological polar surface area (TPSA) is 113 Å². The van der Waals surface area contributed by atoms with Gasteiger partial charge in [-0.1, -0.05) is 27.7 Å². The van der Waals surface area contributed by atoms with Gasteiger partial charge in [0.1, 0.15) is 12.1 Å². The number of likely N-dealkylation sites (tertiary alicyclic amines) is 1. The number of carbonyl (C=O) groups is 3. The predicted octanol–water partition coefficient (Wildman–Crippen LogP) is 0.186. The summed E-state index contributed by atoms with van der Waals surface area (Å²) in [6.45, 7) is 7.70. The van der Waals surface area contributed by atoms with E-state index >= 15 is 0 Å². The zero-order valence-electron chi connectivity index (χ0n) is 13.7. The van der Waals surface area contributed by atoms with Crippen LogP contribution in [0.3, 0.4) is 0 Å². The van der Waals surface area contributed by atoms with Crippen molar-refractivity contribution in [3.63, 3.8) is 0 Å². The highest BCUT2D eigenvalue weighted by molar-refractivity contribution is 5.92. The van der Waals surface area contributed by atoms with Crippen molar-refractivity contribution in [2.75, 3.05) is 6.54 Å². The van der Waals surface area contributed by atoms with Crippen molar-refractivity contribution in [3.8, 4) is 0 Å². The largest absolute Gasteiger partial charge is 0.480 e. The van der Waals surface area contributed by atoms with Gasteiger partial charge in [-0.25, -0.2) is 4.79 Å². The lowest BCUT2D eigenvalue weighted by Crippen LogP contribution is -2.57. The molecule has 1 rings (SSSR count). The summed E-state index contributed by atoms with van der Waals surface area (Å²) in [6, 6.07) is -2.25. The summed E-state index contributed by atoms with van der Waals surface area (Å²) in [5.74, 6) is -1.91. The molecule has 0 radical (unpaired) electrons. The van der Waals surface area contributed by atoms with Crippen LogP contribution in [0.2, 0.25) is 0 Å². The molecular formula is C15H27N3O4. The maximum atomic E-state index is 12.6. The highest BCUT2D eigenvalue weighted by Gasteiger charge is 2.39. The van der Waals surface area contributed by atoms with E-state index in [-0.39, 0.29) is 23.7 Å². The van der Waals surface area contributed by atoms with E-state index in [1.165, 1.54) is 4.90 Å². The van der Waals surface area contributed by atoms with Gasteiger partial charge in [0.25, 0.3) is 0 Å². The van der Waals surface area contributed by atoms with Crippen LogP contribution in [0, 0.1) is 11.8 Å². The fourth-order valence-electron chi connectivity index (χ4n) is 2.53. The third-order valence-corrected chi connectivity index (χ3v) is 4.07. The number of hydrogen-bond acceptors (Lipinski definition) is 4. The number of amides is 2. The molecule has 0 aromatic rings. The molecule has 0 bridgehead atoms. The molecule has 1 aliphatic rings. The van der Waals surface area contributed by atoms with Crippen LogP contribution in [-0.4, -0.2) is 52.5 Å². The Bertz CT molecular complexity index is 437. The Labute approximate surface area is 131 Å². The first-order chi connectivity index (χ1) is 10.2. The first-order valence-corrected chi connectivity index (χ1v) is 7.76. The van der Waals surface area contributed by atoms with Gasteiger partial charge in [0.2, 0.25) is 11.8 Å². The number of aliphatic carboxylic acids is 1. The Morgan fingerprint density at radius 1 is 1.18 bits per heavy atom. The Morgan fingerprint density at radius 3 is 2.23 bits per heavy atom. The summed E-state index contributed by atoms with van der Waals surface area (Å²) in [5, 5.41) is 11.9. The SMILES string of the molecule is CC(C)C(N)C(=O)NC(C(=O)N1CCCC1C(=O)O)C(C)C. The van der Waals surface area contributed by atoms with Crippen molar-refractivity contribution in [2.45, 2.75) is 58.7 Å². The monoisotopic (exact) mass is 313 g/mol. The van der Waals surface area contributed by atoms with Crippen LogP contribution in [0.15, 0.2) is 0 Å². The van der Waals surface area contributed by atoms with Gasteiger partial charge in [-0.15, -0.1) is 0 Å². The van der Waals surface area contributed by atoms with E-state index in [2.05, 4.69) is 5.32 Å². The number of nitrogens with one attached hydrogen (secondary N) is 1. The average Bonchev–Trinajstić information content (AvgIpc) is 2.91. The highest BCUT2D eigenvalue weighted by atomic mass is 16.4. The fraction of sp³-hybridized carbons (Fsp3) is 0.800. The minimum Gasteiger partial charge on any atom is -0.480 e. The summed E-state index contributed by atoms with van der Waals surface area (Å²) in [7, 11) is 0. The van der Waals surface area contributed by atoms with Gasteiger partial charge in [0, 0.05) is 6.54 Å². The molecule has 1 fully saturated rings. The molecule has 0 saturated carbocycles. The fourth-order valence-corrected chi connectivity index (χ4v) is 2.53. The third kappa shape index (κ3) is 4.19.